The van der Waals surface area contributed by atoms with Gasteiger partial charge in [-0.05, 0) is 13.8 Å². The maximum atomic E-state index is 3.99. The highest BCUT2D eigenvalue weighted by Gasteiger charge is 1.99. The lowest BCUT2D eigenvalue weighted by atomic mass is 10.5. The quantitative estimate of drug-likeness (QED) is 0.536. The smallest absolute Gasteiger partial charge is 0.146 e. The molecule has 1 aromatic heterocycles. The molecule has 0 aliphatic rings. The Morgan fingerprint density at radius 1 is 1.62 bits per heavy atom. The van der Waals surface area contributed by atoms with Crippen molar-refractivity contribution in [2.24, 2.45) is 0 Å². The van der Waals surface area contributed by atoms with E-state index in [2.05, 4.69) is 34.3 Å². The molecule has 0 unspecified atom stereocenters. The Bertz CT molecular complexity index is 305. The van der Waals surface area contributed by atoms with Crippen molar-refractivity contribution in [3.63, 3.8) is 0 Å². The standard InChI is InChI=1S/C9H14N4/c1-3-5-6-10-7-9-12-11-8-13(9)4-2/h8,10H,4,6-7H2,1-2H3. The largest absolute Gasteiger partial charge is 0.317 e. The number of aryl methyl sites for hydroxylation is 1. The van der Waals surface area contributed by atoms with Crippen LogP contribution in [0.15, 0.2) is 6.33 Å². The first kappa shape index (κ1) is 9.75. The Morgan fingerprint density at radius 3 is 3.15 bits per heavy atom. The van der Waals surface area contributed by atoms with Crippen LogP contribution >= 0.6 is 0 Å². The van der Waals surface area contributed by atoms with Crippen LogP contribution in [0.5, 0.6) is 0 Å². The lowest BCUT2D eigenvalue weighted by Gasteiger charge is -2.01. The predicted octanol–water partition coefficient (Wildman–Crippen LogP) is 0.411. The van der Waals surface area contributed by atoms with E-state index in [9.17, 15) is 0 Å². The van der Waals surface area contributed by atoms with Crippen LogP contribution in [-0.2, 0) is 13.1 Å². The highest BCUT2D eigenvalue weighted by atomic mass is 15.3. The summed E-state index contributed by atoms with van der Waals surface area (Å²) >= 11 is 0. The second-order valence-electron chi connectivity index (χ2n) is 2.56. The molecule has 4 nitrogen and oxygen atoms in total. The van der Waals surface area contributed by atoms with Gasteiger partial charge >= 0.3 is 0 Å². The summed E-state index contributed by atoms with van der Waals surface area (Å²) in [5.41, 5.74) is 0. The number of hydrogen-bond acceptors (Lipinski definition) is 3. The summed E-state index contributed by atoms with van der Waals surface area (Å²) in [5, 5.41) is 11.0. The van der Waals surface area contributed by atoms with Gasteiger partial charge in [-0.25, -0.2) is 0 Å². The Hall–Kier alpha value is -1.34. The fourth-order valence-electron chi connectivity index (χ4n) is 1.01. The lowest BCUT2D eigenvalue weighted by molar-refractivity contribution is 0.643. The zero-order chi connectivity index (χ0) is 9.52. The first-order valence-electron chi connectivity index (χ1n) is 4.35. The van der Waals surface area contributed by atoms with Crippen LogP contribution in [0.2, 0.25) is 0 Å². The fourth-order valence-corrected chi connectivity index (χ4v) is 1.01. The van der Waals surface area contributed by atoms with Gasteiger partial charge in [-0.2, -0.15) is 0 Å². The highest BCUT2D eigenvalue weighted by molar-refractivity contribution is 4.97. The third-order valence-corrected chi connectivity index (χ3v) is 1.71. The second kappa shape index (κ2) is 5.33. The van der Waals surface area contributed by atoms with Gasteiger partial charge in [0.05, 0.1) is 13.1 Å². The molecule has 0 spiro atoms. The Balaban J connectivity index is 2.38. The summed E-state index contributed by atoms with van der Waals surface area (Å²) in [7, 11) is 0. The van der Waals surface area contributed by atoms with Crippen LogP contribution < -0.4 is 5.32 Å². The van der Waals surface area contributed by atoms with E-state index in [1.54, 1.807) is 6.33 Å². The van der Waals surface area contributed by atoms with Gasteiger partial charge in [0.25, 0.3) is 0 Å². The second-order valence-corrected chi connectivity index (χ2v) is 2.56. The van der Waals surface area contributed by atoms with E-state index in [4.69, 9.17) is 0 Å². The van der Waals surface area contributed by atoms with Gasteiger partial charge in [-0.15, -0.1) is 16.1 Å². The third-order valence-electron chi connectivity index (χ3n) is 1.71. The van der Waals surface area contributed by atoms with E-state index < -0.39 is 0 Å². The van der Waals surface area contributed by atoms with E-state index >= 15 is 0 Å². The van der Waals surface area contributed by atoms with Crippen molar-refractivity contribution in [2.45, 2.75) is 26.9 Å². The fraction of sp³-hybridized carbons (Fsp3) is 0.556. The number of aromatic nitrogens is 3. The van der Waals surface area contributed by atoms with Crippen molar-refractivity contribution in [2.75, 3.05) is 6.54 Å². The molecule has 0 aromatic carbocycles. The molecule has 0 radical (unpaired) electrons. The number of nitrogens with one attached hydrogen (secondary N) is 1. The summed E-state index contributed by atoms with van der Waals surface area (Å²) in [5.74, 6) is 6.71. The van der Waals surface area contributed by atoms with Crippen LogP contribution in [0.4, 0.5) is 0 Å². The van der Waals surface area contributed by atoms with Crippen molar-refractivity contribution >= 4 is 0 Å². The summed E-state index contributed by atoms with van der Waals surface area (Å²) < 4.78 is 2.01. The number of hydrogen-bond donors (Lipinski definition) is 1. The molecule has 1 aromatic rings. The first-order chi connectivity index (χ1) is 6.38. The van der Waals surface area contributed by atoms with E-state index in [0.717, 1.165) is 18.9 Å². The topological polar surface area (TPSA) is 42.7 Å². The molecule has 0 atom stereocenters. The average molecular weight is 178 g/mol. The molecule has 0 aliphatic carbocycles. The Morgan fingerprint density at radius 2 is 2.46 bits per heavy atom. The van der Waals surface area contributed by atoms with Crippen LogP contribution in [0.1, 0.15) is 19.7 Å². The minimum atomic E-state index is 0.701. The minimum absolute atomic E-state index is 0.701. The highest BCUT2D eigenvalue weighted by Crippen LogP contribution is 1.92. The van der Waals surface area contributed by atoms with Crippen LogP contribution in [-0.4, -0.2) is 21.3 Å². The van der Waals surface area contributed by atoms with E-state index in [0.29, 0.717) is 6.54 Å². The Kier molecular flexibility index (Phi) is 4.00. The molecule has 0 fully saturated rings. The molecule has 1 N–H and O–H groups in total. The summed E-state index contributed by atoms with van der Waals surface area (Å²) in [6, 6.07) is 0. The van der Waals surface area contributed by atoms with Gasteiger partial charge in [0.1, 0.15) is 12.2 Å². The molecular weight excluding hydrogens is 164 g/mol. The van der Waals surface area contributed by atoms with Gasteiger partial charge < -0.3 is 4.57 Å². The molecule has 13 heavy (non-hydrogen) atoms. The van der Waals surface area contributed by atoms with E-state index in [-0.39, 0.29) is 0 Å². The van der Waals surface area contributed by atoms with Crippen molar-refractivity contribution < 1.29 is 0 Å². The molecule has 0 saturated carbocycles. The van der Waals surface area contributed by atoms with Gasteiger partial charge in [-0.3, -0.25) is 5.32 Å². The SMILES string of the molecule is CC#CCNCc1nncn1CC. The molecule has 0 saturated heterocycles. The van der Waals surface area contributed by atoms with Crippen molar-refractivity contribution in [3.05, 3.63) is 12.2 Å². The molecule has 1 rings (SSSR count). The van der Waals surface area contributed by atoms with Crippen LogP contribution in [0, 0.1) is 11.8 Å². The maximum absolute atomic E-state index is 3.99. The molecular formula is C9H14N4. The van der Waals surface area contributed by atoms with Crippen molar-refractivity contribution in [1.82, 2.24) is 20.1 Å². The molecule has 0 amide bonds. The molecule has 4 heteroatoms. The summed E-state index contributed by atoms with van der Waals surface area (Å²) in [4.78, 5) is 0. The molecule has 0 aliphatic heterocycles. The first-order valence-corrected chi connectivity index (χ1v) is 4.35. The molecule has 70 valence electrons. The monoisotopic (exact) mass is 178 g/mol. The van der Waals surface area contributed by atoms with Crippen LogP contribution in [0.25, 0.3) is 0 Å². The third kappa shape index (κ3) is 2.88. The van der Waals surface area contributed by atoms with Gasteiger partial charge in [0, 0.05) is 6.54 Å². The van der Waals surface area contributed by atoms with Crippen LogP contribution in [0.3, 0.4) is 0 Å². The van der Waals surface area contributed by atoms with Gasteiger partial charge in [-0.1, -0.05) is 5.92 Å². The number of rotatable bonds is 4. The zero-order valence-electron chi connectivity index (χ0n) is 8.04. The van der Waals surface area contributed by atoms with Crippen molar-refractivity contribution in [1.29, 1.82) is 0 Å². The average Bonchev–Trinajstić information content (AvgIpc) is 2.60. The summed E-state index contributed by atoms with van der Waals surface area (Å²) in [6.07, 6.45) is 1.74. The number of nitrogens with zero attached hydrogens (tertiary/aromatic N) is 3. The van der Waals surface area contributed by atoms with Gasteiger partial charge in [0.2, 0.25) is 0 Å². The maximum Gasteiger partial charge on any atom is 0.146 e. The van der Waals surface area contributed by atoms with E-state index in [1.165, 1.54) is 0 Å². The Labute approximate surface area is 78.4 Å². The zero-order valence-corrected chi connectivity index (χ0v) is 8.04. The normalized spacial score (nSPS) is 9.38. The van der Waals surface area contributed by atoms with Crippen molar-refractivity contribution in [3.8, 4) is 11.8 Å². The van der Waals surface area contributed by atoms with Gasteiger partial charge in [0.15, 0.2) is 0 Å². The van der Waals surface area contributed by atoms with E-state index in [1.807, 2.05) is 11.5 Å². The predicted molar refractivity (Wildman–Crippen MR) is 50.9 cm³/mol. The lowest BCUT2D eigenvalue weighted by Crippen LogP contribution is -2.16. The summed E-state index contributed by atoms with van der Waals surface area (Å²) in [6.45, 7) is 6.23. The molecule has 0 bridgehead atoms. The minimum Gasteiger partial charge on any atom is -0.317 e. The molecule has 1 heterocycles.